The molecule has 0 spiro atoms. The van der Waals surface area contributed by atoms with Gasteiger partial charge in [0.05, 0.1) is 16.3 Å². The summed E-state index contributed by atoms with van der Waals surface area (Å²) in [4.78, 5) is 12.8. The first-order valence-corrected chi connectivity index (χ1v) is 11.1. The Kier molecular flexibility index (Phi) is 5.75. The van der Waals surface area contributed by atoms with Crippen LogP contribution in [0.15, 0.2) is 96.2 Å². The highest BCUT2D eigenvalue weighted by molar-refractivity contribution is 7.92. The van der Waals surface area contributed by atoms with Crippen molar-refractivity contribution >= 4 is 38.9 Å². The molecule has 0 aliphatic rings. The van der Waals surface area contributed by atoms with Gasteiger partial charge >= 0.3 is 0 Å². The molecule has 1 amide bonds. The van der Waals surface area contributed by atoms with Gasteiger partial charge in [-0.1, -0.05) is 29.8 Å². The van der Waals surface area contributed by atoms with Crippen LogP contribution in [0.1, 0.15) is 10.4 Å². The number of rotatable bonds is 6. The molecule has 0 saturated carbocycles. The van der Waals surface area contributed by atoms with Crippen LogP contribution in [0, 0.1) is 0 Å². The third-order valence-corrected chi connectivity index (χ3v) is 6.04. The number of anilines is 2. The van der Waals surface area contributed by atoms with Gasteiger partial charge in [-0.15, -0.1) is 0 Å². The van der Waals surface area contributed by atoms with E-state index in [0.29, 0.717) is 27.6 Å². The maximum atomic E-state index is 12.8. The van der Waals surface area contributed by atoms with Gasteiger partial charge in [-0.05, 0) is 60.7 Å². The molecule has 0 unspecified atom stereocenters. The Bertz CT molecular complexity index is 1310. The summed E-state index contributed by atoms with van der Waals surface area (Å²) in [5.41, 5.74) is 1.87. The Morgan fingerprint density at radius 1 is 0.935 bits per heavy atom. The Morgan fingerprint density at radius 3 is 2.35 bits per heavy atom. The van der Waals surface area contributed by atoms with Gasteiger partial charge in [0.1, 0.15) is 0 Å². The SMILES string of the molecule is O=C(Nc1cc(Cl)ccc1-n1cccn1)c1ccc(S(=O)(=O)Nc2ccccc2)cc1. The van der Waals surface area contributed by atoms with Crippen LogP contribution in [0.25, 0.3) is 5.69 Å². The van der Waals surface area contributed by atoms with Crippen LogP contribution < -0.4 is 10.0 Å². The van der Waals surface area contributed by atoms with E-state index in [9.17, 15) is 13.2 Å². The lowest BCUT2D eigenvalue weighted by atomic mass is 10.2. The van der Waals surface area contributed by atoms with Crippen molar-refractivity contribution in [2.75, 3.05) is 10.0 Å². The third kappa shape index (κ3) is 4.76. The predicted octanol–water partition coefficient (Wildman–Crippen LogP) is 4.58. The van der Waals surface area contributed by atoms with Crippen LogP contribution >= 0.6 is 11.6 Å². The normalized spacial score (nSPS) is 11.1. The van der Waals surface area contributed by atoms with E-state index in [1.54, 1.807) is 71.7 Å². The van der Waals surface area contributed by atoms with E-state index in [0.717, 1.165) is 0 Å². The van der Waals surface area contributed by atoms with Gasteiger partial charge in [-0.3, -0.25) is 9.52 Å². The monoisotopic (exact) mass is 452 g/mol. The number of nitrogens with zero attached hydrogens (tertiary/aromatic N) is 2. The molecule has 0 bridgehead atoms. The van der Waals surface area contributed by atoms with Gasteiger partial charge in [-0.25, -0.2) is 13.1 Å². The van der Waals surface area contributed by atoms with Crippen LogP contribution in [0.2, 0.25) is 5.02 Å². The van der Waals surface area contributed by atoms with Gasteiger partial charge in [0.15, 0.2) is 0 Å². The zero-order valence-electron chi connectivity index (χ0n) is 16.1. The number of nitrogens with one attached hydrogen (secondary N) is 2. The number of para-hydroxylation sites is 1. The first kappa shape index (κ1) is 20.6. The minimum Gasteiger partial charge on any atom is -0.320 e. The highest BCUT2D eigenvalue weighted by Crippen LogP contribution is 2.25. The molecular formula is C22H17ClN4O3S. The summed E-state index contributed by atoms with van der Waals surface area (Å²) in [6.45, 7) is 0. The molecule has 0 fully saturated rings. The lowest BCUT2D eigenvalue weighted by Gasteiger charge is -2.12. The molecule has 9 heteroatoms. The van der Waals surface area contributed by atoms with Crippen LogP contribution in [0.5, 0.6) is 0 Å². The van der Waals surface area contributed by atoms with E-state index in [1.807, 2.05) is 0 Å². The van der Waals surface area contributed by atoms with Crippen LogP contribution in [-0.2, 0) is 10.0 Å². The smallest absolute Gasteiger partial charge is 0.261 e. The van der Waals surface area contributed by atoms with Crippen molar-refractivity contribution in [1.82, 2.24) is 9.78 Å². The first-order chi connectivity index (χ1) is 14.9. The van der Waals surface area contributed by atoms with E-state index >= 15 is 0 Å². The van der Waals surface area contributed by atoms with E-state index in [1.165, 1.54) is 24.3 Å². The Labute approximate surface area is 184 Å². The second-order valence-electron chi connectivity index (χ2n) is 6.56. The summed E-state index contributed by atoms with van der Waals surface area (Å²) >= 11 is 6.09. The van der Waals surface area contributed by atoms with E-state index < -0.39 is 15.9 Å². The number of aromatic nitrogens is 2. The van der Waals surface area contributed by atoms with Crippen LogP contribution in [0.3, 0.4) is 0 Å². The van der Waals surface area contributed by atoms with E-state index in [4.69, 9.17) is 11.6 Å². The van der Waals surface area contributed by atoms with Crippen molar-refractivity contribution in [3.05, 3.63) is 102 Å². The number of amides is 1. The van der Waals surface area contributed by atoms with Gasteiger partial charge in [0.25, 0.3) is 15.9 Å². The maximum Gasteiger partial charge on any atom is 0.261 e. The standard InChI is InChI=1S/C22H17ClN4O3S/c23-17-9-12-21(27-14-4-13-24-27)20(15-17)25-22(28)16-7-10-19(11-8-16)31(29,30)26-18-5-2-1-3-6-18/h1-15,26H,(H,25,28). The highest BCUT2D eigenvalue weighted by atomic mass is 35.5. The van der Waals surface area contributed by atoms with Crippen molar-refractivity contribution in [1.29, 1.82) is 0 Å². The average molecular weight is 453 g/mol. The molecule has 0 aliphatic carbocycles. The van der Waals surface area contributed by atoms with Crippen molar-refractivity contribution in [3.63, 3.8) is 0 Å². The second-order valence-corrected chi connectivity index (χ2v) is 8.68. The predicted molar refractivity (Wildman–Crippen MR) is 120 cm³/mol. The molecule has 1 aromatic heterocycles. The van der Waals surface area contributed by atoms with Gasteiger partial charge < -0.3 is 5.32 Å². The number of carbonyl (C=O) groups is 1. The molecule has 1 heterocycles. The molecule has 4 rings (SSSR count). The minimum absolute atomic E-state index is 0.0490. The van der Waals surface area contributed by atoms with Crippen molar-refractivity contribution in [2.45, 2.75) is 4.90 Å². The molecular weight excluding hydrogens is 436 g/mol. The number of carbonyl (C=O) groups excluding carboxylic acids is 1. The number of benzene rings is 3. The summed E-state index contributed by atoms with van der Waals surface area (Å²) in [5.74, 6) is -0.407. The third-order valence-electron chi connectivity index (χ3n) is 4.41. The molecule has 2 N–H and O–H groups in total. The fourth-order valence-corrected chi connectivity index (χ4v) is 4.15. The molecule has 156 valence electrons. The number of hydrogen-bond donors (Lipinski definition) is 2. The van der Waals surface area contributed by atoms with Gasteiger partial charge in [-0.2, -0.15) is 5.10 Å². The molecule has 4 aromatic rings. The van der Waals surface area contributed by atoms with Gasteiger partial charge in [0.2, 0.25) is 0 Å². The molecule has 3 aromatic carbocycles. The topological polar surface area (TPSA) is 93.1 Å². The Balaban J connectivity index is 1.54. The summed E-state index contributed by atoms with van der Waals surface area (Å²) in [6.07, 6.45) is 3.38. The number of sulfonamides is 1. The average Bonchev–Trinajstić information content (AvgIpc) is 3.29. The molecule has 0 saturated heterocycles. The molecule has 0 atom stereocenters. The van der Waals surface area contributed by atoms with Gasteiger partial charge in [0, 0.05) is 28.7 Å². The summed E-state index contributed by atoms with van der Waals surface area (Å²) in [6, 6.07) is 21.1. The molecule has 0 radical (unpaired) electrons. The van der Waals surface area contributed by atoms with Crippen molar-refractivity contribution < 1.29 is 13.2 Å². The second kappa shape index (κ2) is 8.63. The lowest BCUT2D eigenvalue weighted by molar-refractivity contribution is 0.102. The molecule has 7 nitrogen and oxygen atoms in total. The Morgan fingerprint density at radius 2 is 1.68 bits per heavy atom. The summed E-state index contributed by atoms with van der Waals surface area (Å²) in [5, 5.41) is 7.44. The Hall–Kier alpha value is -3.62. The van der Waals surface area contributed by atoms with E-state index in [2.05, 4.69) is 15.1 Å². The fraction of sp³-hybridized carbons (Fsp3) is 0. The summed E-state index contributed by atoms with van der Waals surface area (Å²) in [7, 11) is -3.77. The zero-order valence-corrected chi connectivity index (χ0v) is 17.6. The van der Waals surface area contributed by atoms with Crippen LogP contribution in [0.4, 0.5) is 11.4 Å². The lowest BCUT2D eigenvalue weighted by Crippen LogP contribution is -2.15. The van der Waals surface area contributed by atoms with Crippen molar-refractivity contribution in [2.24, 2.45) is 0 Å². The van der Waals surface area contributed by atoms with Crippen LogP contribution in [-0.4, -0.2) is 24.1 Å². The van der Waals surface area contributed by atoms with Crippen molar-refractivity contribution in [3.8, 4) is 5.69 Å². The fourth-order valence-electron chi connectivity index (χ4n) is 2.92. The van der Waals surface area contributed by atoms with E-state index in [-0.39, 0.29) is 4.90 Å². The quantitative estimate of drug-likeness (QED) is 0.448. The number of hydrogen-bond acceptors (Lipinski definition) is 4. The largest absolute Gasteiger partial charge is 0.320 e. The first-order valence-electron chi connectivity index (χ1n) is 9.21. The minimum atomic E-state index is -3.77. The molecule has 31 heavy (non-hydrogen) atoms. The highest BCUT2D eigenvalue weighted by Gasteiger charge is 2.16. The molecule has 0 aliphatic heterocycles. The summed E-state index contributed by atoms with van der Waals surface area (Å²) < 4.78 is 29.2. The number of halogens is 1. The zero-order chi connectivity index (χ0) is 21.8. The maximum absolute atomic E-state index is 12.8.